The molecular weight excluding hydrogens is 343 g/mol. The number of carbonyl (C=O) groups is 1. The Bertz CT molecular complexity index is 832. The van der Waals surface area contributed by atoms with Crippen LogP contribution in [0.2, 0.25) is 0 Å². The molecule has 3 rings (SSSR count). The third-order valence-corrected chi connectivity index (χ3v) is 4.48. The summed E-state index contributed by atoms with van der Waals surface area (Å²) in [5.74, 6) is -0.0638. The molecule has 2 heterocycles. The molecule has 0 aliphatic rings. The largest absolute Gasteiger partial charge is 0.383 e. The summed E-state index contributed by atoms with van der Waals surface area (Å²) in [4.78, 5) is 15.2. The van der Waals surface area contributed by atoms with Crippen LogP contribution in [0.3, 0.4) is 0 Å². The summed E-state index contributed by atoms with van der Waals surface area (Å²) in [5.41, 5.74) is 0.919. The molecule has 25 heavy (non-hydrogen) atoms. The van der Waals surface area contributed by atoms with Crippen molar-refractivity contribution in [3.63, 3.8) is 0 Å². The van der Waals surface area contributed by atoms with Crippen LogP contribution < -0.4 is 0 Å². The van der Waals surface area contributed by atoms with Gasteiger partial charge in [-0.15, -0.1) is 11.3 Å². The third kappa shape index (κ3) is 4.32. The molecule has 7 heteroatoms. The minimum atomic E-state index is -0.445. The predicted octanol–water partition coefficient (Wildman–Crippen LogP) is 3.83. The van der Waals surface area contributed by atoms with Gasteiger partial charge >= 0.3 is 0 Å². The molecule has 2 aromatic heterocycles. The van der Waals surface area contributed by atoms with E-state index in [9.17, 15) is 9.18 Å². The number of methoxy groups -OCH3 is 1. The highest BCUT2D eigenvalue weighted by molar-refractivity contribution is 7.13. The smallest absolute Gasteiger partial charge is 0.254 e. The maximum absolute atomic E-state index is 13.4. The van der Waals surface area contributed by atoms with Crippen LogP contribution in [0.1, 0.15) is 16.1 Å². The lowest BCUT2D eigenvalue weighted by Crippen LogP contribution is -2.33. The number of rotatable bonds is 7. The summed E-state index contributed by atoms with van der Waals surface area (Å²) in [6.45, 7) is 0.997. The molecule has 0 aliphatic heterocycles. The maximum atomic E-state index is 13.4. The molecule has 5 nitrogen and oxygen atoms in total. The predicted molar refractivity (Wildman–Crippen MR) is 92.8 cm³/mol. The molecule has 0 spiro atoms. The molecule has 0 N–H and O–H groups in total. The topological polar surface area (TPSA) is 55.6 Å². The number of ether oxygens (including phenoxy) is 1. The zero-order valence-electron chi connectivity index (χ0n) is 13.6. The van der Waals surface area contributed by atoms with E-state index >= 15 is 0 Å². The van der Waals surface area contributed by atoms with Crippen molar-refractivity contribution in [1.29, 1.82) is 0 Å². The first-order valence-electron chi connectivity index (χ1n) is 7.70. The minimum absolute atomic E-state index is 0.258. The second-order valence-electron chi connectivity index (χ2n) is 5.39. The van der Waals surface area contributed by atoms with Crippen LogP contribution in [0.4, 0.5) is 4.39 Å². The summed E-state index contributed by atoms with van der Waals surface area (Å²) in [5, 5.41) is 5.99. The van der Waals surface area contributed by atoms with E-state index < -0.39 is 5.82 Å². The molecule has 130 valence electrons. The van der Waals surface area contributed by atoms with Crippen molar-refractivity contribution in [3.8, 4) is 10.6 Å². The van der Waals surface area contributed by atoms with Crippen LogP contribution in [0.5, 0.6) is 0 Å². The number of benzene rings is 1. The van der Waals surface area contributed by atoms with Gasteiger partial charge in [-0.25, -0.2) is 4.39 Å². The van der Waals surface area contributed by atoms with Crippen LogP contribution in [-0.2, 0) is 11.3 Å². The van der Waals surface area contributed by atoms with E-state index in [0.717, 1.165) is 4.88 Å². The fourth-order valence-corrected chi connectivity index (χ4v) is 3.05. The van der Waals surface area contributed by atoms with Gasteiger partial charge in [0, 0.05) is 25.3 Å². The maximum Gasteiger partial charge on any atom is 0.254 e. The van der Waals surface area contributed by atoms with Gasteiger partial charge in [0.1, 0.15) is 11.5 Å². The highest BCUT2D eigenvalue weighted by atomic mass is 32.1. The Morgan fingerprint density at radius 3 is 2.92 bits per heavy atom. The van der Waals surface area contributed by atoms with Crippen LogP contribution >= 0.6 is 11.3 Å². The molecule has 0 atom stereocenters. The van der Waals surface area contributed by atoms with Gasteiger partial charge in [-0.05, 0) is 29.6 Å². The van der Waals surface area contributed by atoms with Crippen molar-refractivity contribution >= 4 is 17.2 Å². The standard InChI is InChI=1S/C18H17FN2O3S/c1-23-8-7-21(18(22)13-4-2-5-14(19)10-13)12-15-11-16(24-20-15)17-6-3-9-25-17/h2-6,9-11H,7-8,12H2,1H3. The Hall–Kier alpha value is -2.51. The summed E-state index contributed by atoms with van der Waals surface area (Å²) < 4.78 is 23.8. The molecule has 1 amide bonds. The highest BCUT2D eigenvalue weighted by Crippen LogP contribution is 2.25. The van der Waals surface area contributed by atoms with Crippen LogP contribution in [0, 0.1) is 5.82 Å². The summed E-state index contributed by atoms with van der Waals surface area (Å²) in [7, 11) is 1.57. The van der Waals surface area contributed by atoms with Crippen molar-refractivity contribution in [2.45, 2.75) is 6.54 Å². The molecule has 0 bridgehead atoms. The highest BCUT2D eigenvalue weighted by Gasteiger charge is 2.19. The Morgan fingerprint density at radius 2 is 2.20 bits per heavy atom. The lowest BCUT2D eigenvalue weighted by atomic mass is 10.2. The third-order valence-electron chi connectivity index (χ3n) is 3.60. The van der Waals surface area contributed by atoms with Crippen LogP contribution in [0.15, 0.2) is 52.4 Å². The van der Waals surface area contributed by atoms with E-state index in [0.29, 0.717) is 24.6 Å². The molecule has 0 fully saturated rings. The van der Waals surface area contributed by atoms with E-state index in [2.05, 4.69) is 5.16 Å². The molecule has 3 aromatic rings. The average molecular weight is 360 g/mol. The van der Waals surface area contributed by atoms with Crippen molar-refractivity contribution in [3.05, 3.63) is 64.9 Å². The van der Waals surface area contributed by atoms with Gasteiger partial charge in [-0.2, -0.15) is 0 Å². The van der Waals surface area contributed by atoms with Crippen molar-refractivity contribution in [1.82, 2.24) is 10.1 Å². The second-order valence-corrected chi connectivity index (χ2v) is 6.34. The number of aromatic nitrogens is 1. The number of amides is 1. The van der Waals surface area contributed by atoms with E-state index in [-0.39, 0.29) is 18.0 Å². The monoisotopic (exact) mass is 360 g/mol. The molecule has 0 saturated heterocycles. The van der Waals surface area contributed by atoms with Crippen molar-refractivity contribution in [2.75, 3.05) is 20.3 Å². The lowest BCUT2D eigenvalue weighted by Gasteiger charge is -2.21. The number of hydrogen-bond donors (Lipinski definition) is 0. The number of thiophene rings is 1. The van der Waals surface area contributed by atoms with Gasteiger partial charge in [0.25, 0.3) is 5.91 Å². The zero-order chi connectivity index (χ0) is 17.6. The lowest BCUT2D eigenvalue weighted by molar-refractivity contribution is 0.0675. The molecular formula is C18H17FN2O3S. The van der Waals surface area contributed by atoms with Crippen LogP contribution in [0.25, 0.3) is 10.6 Å². The number of halogens is 1. The van der Waals surface area contributed by atoms with Crippen molar-refractivity contribution < 1.29 is 18.4 Å². The normalized spacial score (nSPS) is 10.8. The van der Waals surface area contributed by atoms with Gasteiger partial charge in [0.2, 0.25) is 0 Å². The summed E-state index contributed by atoms with van der Waals surface area (Å²) in [6.07, 6.45) is 0. The van der Waals surface area contributed by atoms with E-state index in [1.54, 1.807) is 29.4 Å². The molecule has 0 radical (unpaired) electrons. The summed E-state index contributed by atoms with van der Waals surface area (Å²) >= 11 is 1.55. The minimum Gasteiger partial charge on any atom is -0.383 e. The fraction of sp³-hybridized carbons (Fsp3) is 0.222. The number of nitrogens with zero attached hydrogens (tertiary/aromatic N) is 2. The molecule has 0 aliphatic carbocycles. The number of carbonyl (C=O) groups excluding carboxylic acids is 1. The first-order valence-corrected chi connectivity index (χ1v) is 8.58. The molecule has 0 saturated carbocycles. The number of hydrogen-bond acceptors (Lipinski definition) is 5. The Kier molecular flexibility index (Phi) is 5.57. The first kappa shape index (κ1) is 17.3. The summed E-state index contributed by atoms with van der Waals surface area (Å²) in [6, 6.07) is 11.3. The SMILES string of the molecule is COCCN(Cc1cc(-c2cccs2)on1)C(=O)c1cccc(F)c1. The van der Waals surface area contributed by atoms with Gasteiger partial charge in [-0.3, -0.25) is 4.79 Å². The van der Waals surface area contributed by atoms with Crippen molar-refractivity contribution in [2.24, 2.45) is 0 Å². The first-order chi connectivity index (χ1) is 12.2. The Morgan fingerprint density at radius 1 is 1.32 bits per heavy atom. The zero-order valence-corrected chi connectivity index (χ0v) is 14.5. The quantitative estimate of drug-likeness (QED) is 0.643. The molecule has 1 aromatic carbocycles. The van der Waals surface area contributed by atoms with Crippen LogP contribution in [-0.4, -0.2) is 36.2 Å². The average Bonchev–Trinajstić information content (AvgIpc) is 3.29. The van der Waals surface area contributed by atoms with Gasteiger partial charge in [-0.1, -0.05) is 17.3 Å². The van der Waals surface area contributed by atoms with Gasteiger partial charge < -0.3 is 14.2 Å². The molecule has 0 unspecified atom stereocenters. The van der Waals surface area contributed by atoms with Gasteiger partial charge in [0.15, 0.2) is 5.76 Å². The Labute approximate surface area is 148 Å². The Balaban J connectivity index is 1.78. The van der Waals surface area contributed by atoms with E-state index in [1.165, 1.54) is 18.2 Å². The fourth-order valence-electron chi connectivity index (χ4n) is 2.37. The van der Waals surface area contributed by atoms with Gasteiger partial charge in [0.05, 0.1) is 18.0 Å². The van der Waals surface area contributed by atoms with E-state index in [4.69, 9.17) is 9.26 Å². The van der Waals surface area contributed by atoms with E-state index in [1.807, 2.05) is 23.6 Å². The second kappa shape index (κ2) is 8.04.